The molecule has 0 spiro atoms. The van der Waals surface area contributed by atoms with Gasteiger partial charge in [-0.3, -0.25) is 0 Å². The number of rotatable bonds is 4. The van der Waals surface area contributed by atoms with E-state index in [9.17, 15) is 22.0 Å². The molecule has 1 aromatic heterocycles. The number of hydrogen-bond donors (Lipinski definition) is 2. The molecular formula is C17H11F5N4. The van der Waals surface area contributed by atoms with Gasteiger partial charge in [0.2, 0.25) is 5.95 Å². The van der Waals surface area contributed by atoms with Crippen LogP contribution in [0, 0.1) is 11.6 Å². The monoisotopic (exact) mass is 366 g/mol. The van der Waals surface area contributed by atoms with Gasteiger partial charge in [-0.15, -0.1) is 0 Å². The van der Waals surface area contributed by atoms with Gasteiger partial charge < -0.3 is 10.6 Å². The summed E-state index contributed by atoms with van der Waals surface area (Å²) in [6.07, 6.45) is -3.30. The Morgan fingerprint density at radius 2 is 1.50 bits per heavy atom. The van der Waals surface area contributed by atoms with Crippen molar-refractivity contribution in [1.29, 1.82) is 0 Å². The van der Waals surface area contributed by atoms with Crippen molar-refractivity contribution in [1.82, 2.24) is 9.97 Å². The number of aromatic nitrogens is 2. The van der Waals surface area contributed by atoms with E-state index in [-0.39, 0.29) is 17.5 Å². The van der Waals surface area contributed by atoms with Crippen LogP contribution in [-0.2, 0) is 6.18 Å². The quantitative estimate of drug-likeness (QED) is 0.619. The van der Waals surface area contributed by atoms with E-state index in [0.717, 1.165) is 18.2 Å². The van der Waals surface area contributed by atoms with Gasteiger partial charge in [0.25, 0.3) is 0 Å². The summed E-state index contributed by atoms with van der Waals surface area (Å²) in [7, 11) is 0. The summed E-state index contributed by atoms with van der Waals surface area (Å²) in [5.41, 5.74) is -1.53. The van der Waals surface area contributed by atoms with Gasteiger partial charge in [-0.25, -0.2) is 13.8 Å². The number of alkyl halides is 3. The summed E-state index contributed by atoms with van der Waals surface area (Å²) in [4.78, 5) is 7.75. The van der Waals surface area contributed by atoms with Crippen LogP contribution in [0.3, 0.4) is 0 Å². The Hall–Kier alpha value is -3.23. The average molecular weight is 366 g/mol. The van der Waals surface area contributed by atoms with Crippen molar-refractivity contribution in [3.8, 4) is 0 Å². The lowest BCUT2D eigenvalue weighted by atomic mass is 10.1. The topological polar surface area (TPSA) is 49.8 Å². The predicted molar refractivity (Wildman–Crippen MR) is 86.4 cm³/mol. The molecule has 0 radical (unpaired) electrons. The van der Waals surface area contributed by atoms with Gasteiger partial charge in [-0.05, 0) is 30.3 Å². The van der Waals surface area contributed by atoms with Gasteiger partial charge >= 0.3 is 6.18 Å². The lowest BCUT2D eigenvalue weighted by Crippen LogP contribution is -2.09. The number of para-hydroxylation sites is 2. The first kappa shape index (κ1) is 17.6. The molecule has 26 heavy (non-hydrogen) atoms. The maximum absolute atomic E-state index is 13.7. The van der Waals surface area contributed by atoms with E-state index < -0.39 is 29.1 Å². The fraction of sp³-hybridized carbons (Fsp3) is 0.0588. The first-order chi connectivity index (χ1) is 12.3. The van der Waals surface area contributed by atoms with Gasteiger partial charge in [0, 0.05) is 6.20 Å². The van der Waals surface area contributed by atoms with Crippen molar-refractivity contribution in [3.63, 3.8) is 0 Å². The third kappa shape index (κ3) is 3.88. The maximum atomic E-state index is 13.7. The SMILES string of the molecule is Fc1cccc(F)c1Nc1nccc(Nc2ccccc2C(F)(F)F)n1. The van der Waals surface area contributed by atoms with Crippen LogP contribution in [0.4, 0.5) is 45.1 Å². The Morgan fingerprint density at radius 1 is 0.808 bits per heavy atom. The van der Waals surface area contributed by atoms with E-state index in [1.807, 2.05) is 0 Å². The first-order valence-electron chi connectivity index (χ1n) is 7.32. The highest BCUT2D eigenvalue weighted by Crippen LogP contribution is 2.35. The molecule has 0 saturated heterocycles. The second-order valence-electron chi connectivity index (χ2n) is 5.16. The standard InChI is InChI=1S/C17H11F5N4/c18-11-5-3-6-12(19)15(11)26-16-23-9-8-14(25-16)24-13-7-2-1-4-10(13)17(20,21)22/h1-9H,(H2,23,24,25,26). The summed E-state index contributed by atoms with van der Waals surface area (Å²) >= 11 is 0. The van der Waals surface area contributed by atoms with Crippen LogP contribution in [0.5, 0.6) is 0 Å². The first-order valence-corrected chi connectivity index (χ1v) is 7.32. The average Bonchev–Trinajstić information content (AvgIpc) is 2.58. The second-order valence-corrected chi connectivity index (χ2v) is 5.16. The van der Waals surface area contributed by atoms with E-state index in [1.165, 1.54) is 36.5 Å². The van der Waals surface area contributed by atoms with E-state index in [2.05, 4.69) is 20.6 Å². The molecule has 0 aliphatic heterocycles. The predicted octanol–water partition coefficient (Wildman–Crippen LogP) is 5.26. The van der Waals surface area contributed by atoms with E-state index in [0.29, 0.717) is 0 Å². The second kappa shape index (κ2) is 6.95. The van der Waals surface area contributed by atoms with Crippen molar-refractivity contribution in [2.24, 2.45) is 0 Å². The summed E-state index contributed by atoms with van der Waals surface area (Å²) in [6.45, 7) is 0. The minimum atomic E-state index is -4.55. The van der Waals surface area contributed by atoms with E-state index >= 15 is 0 Å². The van der Waals surface area contributed by atoms with Crippen LogP contribution in [0.15, 0.2) is 54.7 Å². The third-order valence-electron chi connectivity index (χ3n) is 3.35. The maximum Gasteiger partial charge on any atom is 0.418 e. The number of nitrogens with zero attached hydrogens (tertiary/aromatic N) is 2. The Morgan fingerprint density at radius 3 is 2.19 bits per heavy atom. The Bertz CT molecular complexity index is 907. The van der Waals surface area contributed by atoms with Crippen molar-refractivity contribution in [2.45, 2.75) is 6.18 Å². The van der Waals surface area contributed by atoms with Gasteiger partial charge in [-0.2, -0.15) is 18.2 Å². The summed E-state index contributed by atoms with van der Waals surface area (Å²) < 4.78 is 66.5. The van der Waals surface area contributed by atoms with Gasteiger partial charge in [0.1, 0.15) is 23.1 Å². The smallest absolute Gasteiger partial charge is 0.340 e. The molecule has 2 aromatic carbocycles. The number of hydrogen-bond acceptors (Lipinski definition) is 4. The zero-order chi connectivity index (χ0) is 18.7. The largest absolute Gasteiger partial charge is 0.418 e. The molecule has 4 nitrogen and oxygen atoms in total. The molecule has 3 aromatic rings. The summed E-state index contributed by atoms with van der Waals surface area (Å²) in [5.74, 6) is -1.86. The highest BCUT2D eigenvalue weighted by Gasteiger charge is 2.33. The number of halogens is 5. The van der Waals surface area contributed by atoms with Crippen LogP contribution < -0.4 is 10.6 Å². The highest BCUT2D eigenvalue weighted by molar-refractivity contribution is 5.63. The van der Waals surface area contributed by atoms with Crippen molar-refractivity contribution in [2.75, 3.05) is 10.6 Å². The Kier molecular flexibility index (Phi) is 4.70. The molecule has 134 valence electrons. The molecule has 0 unspecified atom stereocenters. The van der Waals surface area contributed by atoms with E-state index in [1.54, 1.807) is 0 Å². The van der Waals surface area contributed by atoms with Gasteiger partial charge in [-0.1, -0.05) is 18.2 Å². The zero-order valence-corrected chi connectivity index (χ0v) is 13.0. The molecule has 1 heterocycles. The Balaban J connectivity index is 1.87. The fourth-order valence-corrected chi connectivity index (χ4v) is 2.19. The fourth-order valence-electron chi connectivity index (χ4n) is 2.19. The van der Waals surface area contributed by atoms with Crippen molar-refractivity contribution in [3.05, 3.63) is 71.9 Å². The molecular weight excluding hydrogens is 355 g/mol. The van der Waals surface area contributed by atoms with Crippen LogP contribution in [0.25, 0.3) is 0 Å². The molecule has 3 rings (SSSR count). The van der Waals surface area contributed by atoms with E-state index in [4.69, 9.17) is 0 Å². The minimum Gasteiger partial charge on any atom is -0.340 e. The molecule has 0 bridgehead atoms. The normalized spacial score (nSPS) is 11.3. The number of anilines is 4. The lowest BCUT2D eigenvalue weighted by molar-refractivity contribution is -0.136. The molecule has 0 aliphatic rings. The van der Waals surface area contributed by atoms with Crippen LogP contribution in [0.2, 0.25) is 0 Å². The summed E-state index contributed by atoms with van der Waals surface area (Å²) in [6, 6.07) is 9.50. The molecule has 0 amide bonds. The van der Waals surface area contributed by atoms with Crippen LogP contribution in [0.1, 0.15) is 5.56 Å². The zero-order valence-electron chi connectivity index (χ0n) is 13.0. The summed E-state index contributed by atoms with van der Waals surface area (Å²) in [5, 5.41) is 4.91. The molecule has 0 saturated carbocycles. The van der Waals surface area contributed by atoms with Crippen molar-refractivity contribution >= 4 is 23.1 Å². The third-order valence-corrected chi connectivity index (χ3v) is 3.35. The number of nitrogens with one attached hydrogen (secondary N) is 2. The van der Waals surface area contributed by atoms with Crippen LogP contribution in [-0.4, -0.2) is 9.97 Å². The van der Waals surface area contributed by atoms with Gasteiger partial charge in [0.15, 0.2) is 0 Å². The van der Waals surface area contributed by atoms with Gasteiger partial charge in [0.05, 0.1) is 11.3 Å². The van der Waals surface area contributed by atoms with Crippen molar-refractivity contribution < 1.29 is 22.0 Å². The molecule has 0 atom stereocenters. The number of benzene rings is 2. The Labute approximate surface area is 144 Å². The molecule has 0 aliphatic carbocycles. The minimum absolute atomic E-state index is 0.0240. The molecule has 2 N–H and O–H groups in total. The lowest BCUT2D eigenvalue weighted by Gasteiger charge is -2.14. The highest BCUT2D eigenvalue weighted by atomic mass is 19.4. The van der Waals surface area contributed by atoms with Crippen LogP contribution >= 0.6 is 0 Å². The molecule has 0 fully saturated rings. The molecule has 9 heteroatoms.